The predicted octanol–water partition coefficient (Wildman–Crippen LogP) is 6.02. The first-order valence-electron chi connectivity index (χ1n) is 9.70. The van der Waals surface area contributed by atoms with E-state index in [1.807, 2.05) is 26.2 Å². The van der Waals surface area contributed by atoms with E-state index in [2.05, 4.69) is 69.1 Å². The summed E-state index contributed by atoms with van der Waals surface area (Å²) in [6, 6.07) is 6.45. The molecular formula is C25H30N2O. The standard InChI is InChI=1S/C13H15NO.C12H15N/c1-8-9(2)12(7-15)11-5-6-14(4)13(11)10(8)3;1-8-7-11-5-6-13(4)12(11)10(3)9(8)2/h5-7H,1-4H3;5-7H,1-4H3. The Balaban J connectivity index is 0.000000162. The first-order valence-corrected chi connectivity index (χ1v) is 9.70. The van der Waals surface area contributed by atoms with E-state index in [1.54, 1.807) is 0 Å². The molecule has 0 atom stereocenters. The van der Waals surface area contributed by atoms with Gasteiger partial charge in [-0.05, 0) is 93.1 Å². The number of aryl methyl sites for hydroxylation is 5. The van der Waals surface area contributed by atoms with Crippen LogP contribution in [-0.2, 0) is 14.1 Å². The van der Waals surface area contributed by atoms with Crippen molar-refractivity contribution in [1.29, 1.82) is 0 Å². The fraction of sp³-hybridized carbons (Fsp3) is 0.320. The summed E-state index contributed by atoms with van der Waals surface area (Å²) < 4.78 is 4.27. The Kier molecular flexibility index (Phi) is 5.20. The van der Waals surface area contributed by atoms with E-state index in [0.29, 0.717) is 0 Å². The zero-order chi connectivity index (χ0) is 20.7. The highest BCUT2D eigenvalue weighted by molar-refractivity contribution is 6.00. The lowest BCUT2D eigenvalue weighted by molar-refractivity contribution is 0.112. The molecule has 4 rings (SSSR count). The third kappa shape index (κ3) is 3.05. The smallest absolute Gasteiger partial charge is 0.151 e. The molecule has 3 nitrogen and oxygen atoms in total. The van der Waals surface area contributed by atoms with E-state index in [4.69, 9.17) is 0 Å². The lowest BCUT2D eigenvalue weighted by atomic mass is 9.95. The molecule has 0 saturated carbocycles. The zero-order valence-electron chi connectivity index (χ0n) is 18.3. The fourth-order valence-corrected chi connectivity index (χ4v) is 4.19. The maximum Gasteiger partial charge on any atom is 0.151 e. The number of rotatable bonds is 1. The molecule has 3 heteroatoms. The highest BCUT2D eigenvalue weighted by Crippen LogP contribution is 2.29. The third-order valence-corrected chi connectivity index (χ3v) is 6.35. The highest BCUT2D eigenvalue weighted by atomic mass is 16.1. The Labute approximate surface area is 167 Å². The highest BCUT2D eigenvalue weighted by Gasteiger charge is 2.13. The maximum absolute atomic E-state index is 11.1. The minimum atomic E-state index is 0.828. The van der Waals surface area contributed by atoms with Crippen molar-refractivity contribution in [3.05, 3.63) is 69.5 Å². The molecule has 0 unspecified atom stereocenters. The summed E-state index contributed by atoms with van der Waals surface area (Å²) in [5, 5.41) is 2.41. The average molecular weight is 375 g/mol. The zero-order valence-corrected chi connectivity index (χ0v) is 18.3. The van der Waals surface area contributed by atoms with Crippen molar-refractivity contribution in [2.45, 2.75) is 41.5 Å². The molecular weight excluding hydrogens is 344 g/mol. The number of aromatic nitrogens is 2. The second-order valence-corrected chi connectivity index (χ2v) is 7.90. The molecule has 2 aromatic carbocycles. The normalized spacial score (nSPS) is 11.0. The SMILES string of the molecule is Cc1c(C)c(C)c2c(ccn2C)c1C=O.Cc1cc2ccn(C)c2c(C)c1C. The van der Waals surface area contributed by atoms with Crippen molar-refractivity contribution in [2.75, 3.05) is 0 Å². The summed E-state index contributed by atoms with van der Waals surface area (Å²) in [5.41, 5.74) is 11.1. The van der Waals surface area contributed by atoms with Gasteiger partial charge in [-0.2, -0.15) is 0 Å². The van der Waals surface area contributed by atoms with Gasteiger partial charge in [0.1, 0.15) is 0 Å². The van der Waals surface area contributed by atoms with E-state index in [-0.39, 0.29) is 0 Å². The Morgan fingerprint density at radius 1 is 0.714 bits per heavy atom. The van der Waals surface area contributed by atoms with Crippen LogP contribution in [0.4, 0.5) is 0 Å². The van der Waals surface area contributed by atoms with Crippen LogP contribution < -0.4 is 0 Å². The quantitative estimate of drug-likeness (QED) is 0.374. The molecule has 0 aliphatic rings. The molecule has 0 spiro atoms. The molecule has 0 aliphatic heterocycles. The molecule has 0 saturated heterocycles. The molecule has 2 heterocycles. The fourth-order valence-electron chi connectivity index (χ4n) is 4.19. The van der Waals surface area contributed by atoms with Crippen LogP contribution in [0.2, 0.25) is 0 Å². The molecule has 4 aromatic rings. The van der Waals surface area contributed by atoms with Gasteiger partial charge >= 0.3 is 0 Å². The number of hydrogen-bond donors (Lipinski definition) is 0. The number of carbonyl (C=O) groups is 1. The number of benzene rings is 2. The summed E-state index contributed by atoms with van der Waals surface area (Å²) in [6.45, 7) is 12.8. The van der Waals surface area contributed by atoms with E-state index in [0.717, 1.165) is 22.8 Å². The lowest BCUT2D eigenvalue weighted by Gasteiger charge is -2.11. The number of hydrogen-bond acceptors (Lipinski definition) is 1. The molecule has 0 fully saturated rings. The monoisotopic (exact) mass is 374 g/mol. The van der Waals surface area contributed by atoms with Crippen molar-refractivity contribution in [3.8, 4) is 0 Å². The lowest BCUT2D eigenvalue weighted by Crippen LogP contribution is -1.98. The van der Waals surface area contributed by atoms with Crippen LogP contribution in [0, 0.1) is 41.5 Å². The van der Waals surface area contributed by atoms with E-state index >= 15 is 0 Å². The van der Waals surface area contributed by atoms with Crippen LogP contribution in [0.5, 0.6) is 0 Å². The Hall–Kier alpha value is -2.81. The van der Waals surface area contributed by atoms with Gasteiger partial charge in [-0.3, -0.25) is 4.79 Å². The van der Waals surface area contributed by atoms with Crippen LogP contribution in [0.15, 0.2) is 30.6 Å². The van der Waals surface area contributed by atoms with Crippen molar-refractivity contribution >= 4 is 28.1 Å². The summed E-state index contributed by atoms with van der Waals surface area (Å²) in [6.07, 6.45) is 5.09. The van der Waals surface area contributed by atoms with Gasteiger partial charge in [-0.25, -0.2) is 0 Å². The summed E-state index contributed by atoms with van der Waals surface area (Å²) in [5.74, 6) is 0. The predicted molar refractivity (Wildman–Crippen MR) is 120 cm³/mol. The second kappa shape index (κ2) is 7.31. The van der Waals surface area contributed by atoms with Crippen LogP contribution in [0.1, 0.15) is 43.7 Å². The van der Waals surface area contributed by atoms with E-state index in [1.165, 1.54) is 44.2 Å². The van der Waals surface area contributed by atoms with Crippen molar-refractivity contribution < 1.29 is 4.79 Å². The van der Waals surface area contributed by atoms with Crippen molar-refractivity contribution in [3.63, 3.8) is 0 Å². The largest absolute Gasteiger partial charge is 0.350 e. The molecule has 0 aliphatic carbocycles. The van der Waals surface area contributed by atoms with Gasteiger partial charge in [0.2, 0.25) is 0 Å². The number of nitrogens with zero attached hydrogens (tertiary/aromatic N) is 2. The molecule has 0 N–H and O–H groups in total. The number of fused-ring (bicyclic) bond motifs is 2. The minimum absolute atomic E-state index is 0.828. The molecule has 0 radical (unpaired) electrons. The van der Waals surface area contributed by atoms with E-state index in [9.17, 15) is 4.79 Å². The number of carbonyl (C=O) groups excluding carboxylic acids is 1. The van der Waals surface area contributed by atoms with E-state index < -0.39 is 0 Å². The van der Waals surface area contributed by atoms with Gasteiger partial charge in [0.05, 0.1) is 11.0 Å². The molecule has 0 bridgehead atoms. The molecule has 28 heavy (non-hydrogen) atoms. The van der Waals surface area contributed by atoms with Crippen molar-refractivity contribution in [1.82, 2.24) is 9.13 Å². The molecule has 146 valence electrons. The topological polar surface area (TPSA) is 26.9 Å². The first-order chi connectivity index (χ1) is 13.2. The number of aldehydes is 1. The average Bonchev–Trinajstić information content (AvgIpc) is 3.22. The Bertz CT molecular complexity index is 1210. The van der Waals surface area contributed by atoms with Crippen LogP contribution in [0.25, 0.3) is 21.8 Å². The third-order valence-electron chi connectivity index (χ3n) is 6.35. The molecule has 0 amide bonds. The van der Waals surface area contributed by atoms with Crippen molar-refractivity contribution in [2.24, 2.45) is 14.1 Å². The van der Waals surface area contributed by atoms with Crippen LogP contribution >= 0.6 is 0 Å². The Morgan fingerprint density at radius 3 is 1.93 bits per heavy atom. The van der Waals surface area contributed by atoms with Gasteiger partial charge in [0, 0.05) is 42.8 Å². The van der Waals surface area contributed by atoms with Gasteiger partial charge in [0.15, 0.2) is 6.29 Å². The minimum Gasteiger partial charge on any atom is -0.350 e. The summed E-state index contributed by atoms with van der Waals surface area (Å²) in [4.78, 5) is 11.1. The maximum atomic E-state index is 11.1. The van der Waals surface area contributed by atoms with Gasteiger partial charge in [-0.15, -0.1) is 0 Å². The van der Waals surface area contributed by atoms with Gasteiger partial charge in [-0.1, -0.05) is 0 Å². The summed E-state index contributed by atoms with van der Waals surface area (Å²) in [7, 11) is 4.11. The Morgan fingerprint density at radius 2 is 1.29 bits per heavy atom. The first kappa shape index (κ1) is 19.9. The van der Waals surface area contributed by atoms with Crippen LogP contribution in [-0.4, -0.2) is 15.4 Å². The molecule has 2 aromatic heterocycles. The van der Waals surface area contributed by atoms with Gasteiger partial charge in [0.25, 0.3) is 0 Å². The van der Waals surface area contributed by atoms with Crippen LogP contribution in [0.3, 0.4) is 0 Å². The summed E-state index contributed by atoms with van der Waals surface area (Å²) >= 11 is 0. The second-order valence-electron chi connectivity index (χ2n) is 7.90. The van der Waals surface area contributed by atoms with Gasteiger partial charge < -0.3 is 9.13 Å².